The second-order valence-corrected chi connectivity index (χ2v) is 6.44. The molecular formula is C22H29FO2. The standard InChI is InChI=1S/C22H29FO2/c1-24-13-5-7-18-15-19(8-6-14-25-2)17-20(16-18)11-12-21-9-3-4-10-22(21)23/h3-4,9-10,15-17H,5-8,11-14H2,1-2H3. The van der Waals surface area contributed by atoms with Crippen LogP contribution < -0.4 is 0 Å². The molecule has 0 aliphatic rings. The summed E-state index contributed by atoms with van der Waals surface area (Å²) in [4.78, 5) is 0. The molecule has 0 N–H and O–H groups in total. The smallest absolute Gasteiger partial charge is 0.126 e. The number of hydrogen-bond donors (Lipinski definition) is 0. The van der Waals surface area contributed by atoms with Crippen molar-refractivity contribution in [2.45, 2.75) is 38.5 Å². The summed E-state index contributed by atoms with van der Waals surface area (Å²) in [5, 5.41) is 0. The van der Waals surface area contributed by atoms with E-state index in [-0.39, 0.29) is 5.82 Å². The van der Waals surface area contributed by atoms with Crippen molar-refractivity contribution in [2.75, 3.05) is 27.4 Å². The van der Waals surface area contributed by atoms with Crippen LogP contribution in [0.2, 0.25) is 0 Å². The van der Waals surface area contributed by atoms with Crippen LogP contribution in [0.3, 0.4) is 0 Å². The molecule has 2 aromatic carbocycles. The van der Waals surface area contributed by atoms with Gasteiger partial charge in [0.2, 0.25) is 0 Å². The zero-order chi connectivity index (χ0) is 17.9. The molecule has 0 unspecified atom stereocenters. The summed E-state index contributed by atoms with van der Waals surface area (Å²) in [7, 11) is 3.47. The fourth-order valence-corrected chi connectivity index (χ4v) is 3.09. The van der Waals surface area contributed by atoms with E-state index in [1.807, 2.05) is 12.1 Å². The molecule has 0 saturated carbocycles. The van der Waals surface area contributed by atoms with Crippen LogP contribution in [0.15, 0.2) is 42.5 Å². The Kier molecular flexibility index (Phi) is 8.64. The number of ether oxygens (including phenoxy) is 2. The SMILES string of the molecule is COCCCc1cc(CCCOC)cc(CCc2ccccc2F)c1. The van der Waals surface area contributed by atoms with Gasteiger partial charge in [0.15, 0.2) is 0 Å². The Morgan fingerprint density at radius 1 is 0.720 bits per heavy atom. The lowest BCUT2D eigenvalue weighted by atomic mass is 9.96. The summed E-state index contributed by atoms with van der Waals surface area (Å²) in [5.41, 5.74) is 4.75. The summed E-state index contributed by atoms with van der Waals surface area (Å²) >= 11 is 0. The van der Waals surface area contributed by atoms with Crippen molar-refractivity contribution in [1.29, 1.82) is 0 Å². The van der Waals surface area contributed by atoms with Gasteiger partial charge in [-0.25, -0.2) is 4.39 Å². The van der Waals surface area contributed by atoms with Crippen molar-refractivity contribution in [3.05, 3.63) is 70.5 Å². The molecule has 0 radical (unpaired) electrons. The van der Waals surface area contributed by atoms with Gasteiger partial charge >= 0.3 is 0 Å². The fourth-order valence-electron chi connectivity index (χ4n) is 3.09. The number of rotatable bonds is 11. The highest BCUT2D eigenvalue weighted by atomic mass is 19.1. The van der Waals surface area contributed by atoms with Crippen molar-refractivity contribution in [1.82, 2.24) is 0 Å². The van der Waals surface area contributed by atoms with Gasteiger partial charge in [0.25, 0.3) is 0 Å². The Morgan fingerprint density at radius 3 is 1.76 bits per heavy atom. The molecule has 0 heterocycles. The molecule has 2 rings (SSSR count). The number of halogens is 1. The summed E-state index contributed by atoms with van der Waals surface area (Å²) in [6, 6.07) is 13.9. The zero-order valence-electron chi connectivity index (χ0n) is 15.4. The molecule has 136 valence electrons. The molecular weight excluding hydrogens is 315 g/mol. The third kappa shape index (κ3) is 6.97. The molecule has 3 heteroatoms. The van der Waals surface area contributed by atoms with Crippen LogP contribution >= 0.6 is 0 Å². The first-order valence-corrected chi connectivity index (χ1v) is 9.06. The maximum atomic E-state index is 13.8. The van der Waals surface area contributed by atoms with Crippen molar-refractivity contribution >= 4 is 0 Å². The largest absolute Gasteiger partial charge is 0.385 e. The van der Waals surface area contributed by atoms with Gasteiger partial charge < -0.3 is 9.47 Å². The highest BCUT2D eigenvalue weighted by Crippen LogP contribution is 2.17. The predicted octanol–water partition coefficient (Wildman–Crippen LogP) is 4.77. The second kappa shape index (κ2) is 11.0. The summed E-state index contributed by atoms with van der Waals surface area (Å²) in [6.45, 7) is 1.55. The molecule has 0 atom stereocenters. The Morgan fingerprint density at radius 2 is 1.24 bits per heavy atom. The van der Waals surface area contributed by atoms with Gasteiger partial charge in [0.1, 0.15) is 5.82 Å². The zero-order valence-corrected chi connectivity index (χ0v) is 15.4. The van der Waals surface area contributed by atoms with Gasteiger partial charge in [-0.3, -0.25) is 0 Å². The molecule has 0 aromatic heterocycles. The lowest BCUT2D eigenvalue weighted by Crippen LogP contribution is -2.00. The third-order valence-electron chi connectivity index (χ3n) is 4.38. The van der Waals surface area contributed by atoms with E-state index < -0.39 is 0 Å². The average Bonchev–Trinajstić information content (AvgIpc) is 2.61. The Hall–Kier alpha value is -1.71. The molecule has 0 bridgehead atoms. The van der Waals surface area contributed by atoms with Crippen LogP contribution in [-0.4, -0.2) is 27.4 Å². The van der Waals surface area contributed by atoms with Crippen LogP contribution in [0.1, 0.15) is 35.1 Å². The quantitative estimate of drug-likeness (QED) is 0.547. The molecule has 0 saturated heterocycles. The second-order valence-electron chi connectivity index (χ2n) is 6.44. The molecule has 0 spiro atoms. The Balaban J connectivity index is 2.06. The van der Waals surface area contributed by atoms with Crippen LogP contribution in [0, 0.1) is 5.82 Å². The maximum Gasteiger partial charge on any atom is 0.126 e. The van der Waals surface area contributed by atoms with E-state index in [9.17, 15) is 4.39 Å². The molecule has 2 aromatic rings. The van der Waals surface area contributed by atoms with Gasteiger partial charge in [-0.1, -0.05) is 36.4 Å². The first kappa shape index (κ1) is 19.6. The van der Waals surface area contributed by atoms with E-state index in [4.69, 9.17) is 9.47 Å². The fraction of sp³-hybridized carbons (Fsp3) is 0.455. The van der Waals surface area contributed by atoms with E-state index in [1.165, 1.54) is 22.8 Å². The molecule has 0 fully saturated rings. The van der Waals surface area contributed by atoms with Crippen LogP contribution in [0.5, 0.6) is 0 Å². The van der Waals surface area contributed by atoms with Crippen molar-refractivity contribution in [3.8, 4) is 0 Å². The van der Waals surface area contributed by atoms with E-state index in [0.29, 0.717) is 0 Å². The summed E-state index contributed by atoms with van der Waals surface area (Å²) < 4.78 is 24.2. The van der Waals surface area contributed by atoms with E-state index >= 15 is 0 Å². The number of hydrogen-bond acceptors (Lipinski definition) is 2. The van der Waals surface area contributed by atoms with Crippen molar-refractivity contribution < 1.29 is 13.9 Å². The van der Waals surface area contributed by atoms with Gasteiger partial charge in [0, 0.05) is 27.4 Å². The number of aryl methyl sites for hydroxylation is 4. The van der Waals surface area contributed by atoms with Crippen molar-refractivity contribution in [2.24, 2.45) is 0 Å². The average molecular weight is 344 g/mol. The monoisotopic (exact) mass is 344 g/mol. The van der Waals surface area contributed by atoms with Gasteiger partial charge in [0.05, 0.1) is 0 Å². The molecule has 25 heavy (non-hydrogen) atoms. The summed E-state index contributed by atoms with van der Waals surface area (Å²) in [6.07, 6.45) is 5.65. The first-order valence-electron chi connectivity index (χ1n) is 9.06. The normalized spacial score (nSPS) is 11.0. The van der Waals surface area contributed by atoms with Gasteiger partial charge in [-0.2, -0.15) is 0 Å². The Bertz CT molecular complexity index is 611. The molecule has 2 nitrogen and oxygen atoms in total. The van der Waals surface area contributed by atoms with E-state index in [2.05, 4.69) is 18.2 Å². The van der Waals surface area contributed by atoms with E-state index in [0.717, 1.165) is 57.3 Å². The highest BCUT2D eigenvalue weighted by Gasteiger charge is 2.05. The van der Waals surface area contributed by atoms with Gasteiger partial charge in [-0.15, -0.1) is 0 Å². The number of benzene rings is 2. The van der Waals surface area contributed by atoms with E-state index in [1.54, 1.807) is 20.3 Å². The highest BCUT2D eigenvalue weighted by molar-refractivity contribution is 5.31. The molecule has 0 amide bonds. The lowest BCUT2D eigenvalue weighted by molar-refractivity contribution is 0.195. The topological polar surface area (TPSA) is 18.5 Å². The van der Waals surface area contributed by atoms with Crippen LogP contribution in [-0.2, 0) is 35.2 Å². The minimum atomic E-state index is -0.112. The number of methoxy groups -OCH3 is 2. The summed E-state index contributed by atoms with van der Waals surface area (Å²) in [5.74, 6) is -0.112. The molecule has 0 aliphatic carbocycles. The van der Waals surface area contributed by atoms with Crippen LogP contribution in [0.25, 0.3) is 0 Å². The lowest BCUT2D eigenvalue weighted by Gasteiger charge is -2.11. The van der Waals surface area contributed by atoms with Crippen LogP contribution in [0.4, 0.5) is 4.39 Å². The molecule has 0 aliphatic heterocycles. The predicted molar refractivity (Wildman–Crippen MR) is 101 cm³/mol. The van der Waals surface area contributed by atoms with Crippen molar-refractivity contribution in [3.63, 3.8) is 0 Å². The minimum absolute atomic E-state index is 0.112. The first-order chi connectivity index (χ1) is 12.2. The Labute approximate surface area is 151 Å². The third-order valence-corrected chi connectivity index (χ3v) is 4.38. The maximum absolute atomic E-state index is 13.8. The van der Waals surface area contributed by atoms with Gasteiger partial charge in [-0.05, 0) is 66.8 Å². The minimum Gasteiger partial charge on any atom is -0.385 e.